The molecule has 4 heteroatoms. The highest BCUT2D eigenvalue weighted by Crippen LogP contribution is 2.29. The molecular formula is C13H14ClN3. The van der Waals surface area contributed by atoms with Crippen molar-refractivity contribution in [3.8, 4) is 0 Å². The fraction of sp³-hybridized carbons (Fsp3) is 0.231. The van der Waals surface area contributed by atoms with Crippen molar-refractivity contribution >= 4 is 23.0 Å². The van der Waals surface area contributed by atoms with Crippen LogP contribution in [0.15, 0.2) is 36.9 Å². The first-order valence-electron chi connectivity index (χ1n) is 5.48. The van der Waals surface area contributed by atoms with Gasteiger partial charge in [0.15, 0.2) is 0 Å². The van der Waals surface area contributed by atoms with E-state index in [1.54, 1.807) is 12.4 Å². The Balaban J connectivity index is 2.33. The minimum Gasteiger partial charge on any atom is -0.353 e. The molecule has 17 heavy (non-hydrogen) atoms. The second-order valence-electron chi connectivity index (χ2n) is 4.14. The summed E-state index contributed by atoms with van der Waals surface area (Å²) in [5.41, 5.74) is 3.09. The molecule has 0 aliphatic carbocycles. The predicted octanol–water partition coefficient (Wildman–Crippen LogP) is 4.00. The molecule has 0 atom stereocenters. The summed E-state index contributed by atoms with van der Waals surface area (Å²) in [5.74, 6) is 0.404. The molecule has 0 unspecified atom stereocenters. The monoisotopic (exact) mass is 247 g/mol. The smallest absolute Gasteiger partial charge is 0.115 e. The zero-order chi connectivity index (χ0) is 12.3. The van der Waals surface area contributed by atoms with Gasteiger partial charge in [0, 0.05) is 10.7 Å². The Morgan fingerprint density at radius 2 is 1.88 bits per heavy atom. The number of hydrogen-bond donors (Lipinski definition) is 1. The Hall–Kier alpha value is -1.61. The van der Waals surface area contributed by atoms with Gasteiger partial charge in [-0.15, -0.1) is 0 Å². The molecule has 0 aliphatic rings. The third-order valence-corrected chi connectivity index (χ3v) is 2.71. The summed E-state index contributed by atoms with van der Waals surface area (Å²) >= 11 is 6.01. The van der Waals surface area contributed by atoms with Gasteiger partial charge in [-0.1, -0.05) is 25.4 Å². The molecule has 1 aromatic heterocycles. The fourth-order valence-corrected chi connectivity index (χ4v) is 1.82. The van der Waals surface area contributed by atoms with Gasteiger partial charge in [-0.05, 0) is 29.7 Å². The molecule has 2 aromatic rings. The van der Waals surface area contributed by atoms with Gasteiger partial charge in [0.05, 0.1) is 18.1 Å². The number of rotatable bonds is 3. The topological polar surface area (TPSA) is 37.8 Å². The minimum absolute atomic E-state index is 0.404. The summed E-state index contributed by atoms with van der Waals surface area (Å²) in [5, 5.41) is 4.05. The molecular weight excluding hydrogens is 234 g/mol. The van der Waals surface area contributed by atoms with E-state index in [1.807, 2.05) is 18.2 Å². The van der Waals surface area contributed by atoms with Crippen LogP contribution in [-0.2, 0) is 0 Å². The zero-order valence-corrected chi connectivity index (χ0v) is 10.6. The van der Waals surface area contributed by atoms with E-state index in [4.69, 9.17) is 11.6 Å². The molecule has 0 spiro atoms. The molecule has 1 heterocycles. The van der Waals surface area contributed by atoms with Crippen LogP contribution in [0.5, 0.6) is 0 Å². The third-order valence-electron chi connectivity index (χ3n) is 2.48. The van der Waals surface area contributed by atoms with Gasteiger partial charge in [0.1, 0.15) is 6.33 Å². The highest BCUT2D eigenvalue weighted by Gasteiger charge is 2.07. The van der Waals surface area contributed by atoms with Crippen molar-refractivity contribution in [2.45, 2.75) is 19.8 Å². The maximum Gasteiger partial charge on any atom is 0.115 e. The zero-order valence-electron chi connectivity index (χ0n) is 9.81. The first-order chi connectivity index (χ1) is 8.16. The van der Waals surface area contributed by atoms with Crippen molar-refractivity contribution in [2.24, 2.45) is 0 Å². The second kappa shape index (κ2) is 5.15. The minimum atomic E-state index is 0.404. The summed E-state index contributed by atoms with van der Waals surface area (Å²) < 4.78 is 0. The van der Waals surface area contributed by atoms with Crippen molar-refractivity contribution in [3.63, 3.8) is 0 Å². The summed E-state index contributed by atoms with van der Waals surface area (Å²) in [6.07, 6.45) is 4.99. The average Bonchev–Trinajstić information content (AvgIpc) is 2.32. The van der Waals surface area contributed by atoms with Crippen molar-refractivity contribution in [1.29, 1.82) is 0 Å². The number of nitrogens with zero attached hydrogens (tertiary/aromatic N) is 2. The van der Waals surface area contributed by atoms with Gasteiger partial charge in [0.25, 0.3) is 0 Å². The third kappa shape index (κ3) is 2.94. The summed E-state index contributed by atoms with van der Waals surface area (Å²) in [6, 6.07) is 5.84. The maximum atomic E-state index is 6.01. The molecule has 0 bridgehead atoms. The summed E-state index contributed by atoms with van der Waals surface area (Å²) in [7, 11) is 0. The Morgan fingerprint density at radius 3 is 2.53 bits per heavy atom. The second-order valence-corrected chi connectivity index (χ2v) is 4.57. The van der Waals surface area contributed by atoms with Crippen molar-refractivity contribution in [2.75, 3.05) is 5.32 Å². The van der Waals surface area contributed by atoms with E-state index < -0.39 is 0 Å². The first-order valence-corrected chi connectivity index (χ1v) is 5.86. The summed E-state index contributed by atoms with van der Waals surface area (Å²) in [6.45, 7) is 4.27. The number of aromatic nitrogens is 2. The predicted molar refractivity (Wildman–Crippen MR) is 70.9 cm³/mol. The highest BCUT2D eigenvalue weighted by molar-refractivity contribution is 6.30. The largest absolute Gasteiger partial charge is 0.353 e. The fourth-order valence-electron chi connectivity index (χ4n) is 1.64. The first kappa shape index (κ1) is 11.9. The molecule has 0 saturated carbocycles. The number of hydrogen-bond acceptors (Lipinski definition) is 3. The van der Waals surface area contributed by atoms with Crippen LogP contribution in [0.4, 0.5) is 11.4 Å². The lowest BCUT2D eigenvalue weighted by atomic mass is 10.0. The van der Waals surface area contributed by atoms with Crippen molar-refractivity contribution in [1.82, 2.24) is 9.97 Å². The molecule has 0 amide bonds. The van der Waals surface area contributed by atoms with Gasteiger partial charge in [0.2, 0.25) is 0 Å². The molecule has 1 aromatic carbocycles. The molecule has 88 valence electrons. The number of anilines is 2. The van der Waals surface area contributed by atoms with Crippen LogP contribution in [0.25, 0.3) is 0 Å². The number of benzene rings is 1. The van der Waals surface area contributed by atoms with E-state index in [1.165, 1.54) is 11.9 Å². The SMILES string of the molecule is CC(C)c1cc(Cl)ccc1Nc1cncnc1. The van der Waals surface area contributed by atoms with E-state index >= 15 is 0 Å². The van der Waals surface area contributed by atoms with Crippen LogP contribution in [0.2, 0.25) is 5.02 Å². The Labute approximate surface area is 106 Å². The van der Waals surface area contributed by atoms with Crippen LogP contribution in [0.1, 0.15) is 25.3 Å². The van der Waals surface area contributed by atoms with Crippen molar-refractivity contribution < 1.29 is 0 Å². The van der Waals surface area contributed by atoms with Crippen LogP contribution in [-0.4, -0.2) is 9.97 Å². The molecule has 0 radical (unpaired) electrons. The van der Waals surface area contributed by atoms with Gasteiger partial charge >= 0.3 is 0 Å². The molecule has 2 rings (SSSR count). The average molecular weight is 248 g/mol. The molecule has 3 nitrogen and oxygen atoms in total. The Kier molecular flexibility index (Phi) is 3.59. The molecule has 0 saturated heterocycles. The number of halogens is 1. The standard InChI is InChI=1S/C13H14ClN3/c1-9(2)12-5-10(14)3-4-13(12)17-11-6-15-8-16-7-11/h3-9,17H,1-2H3. The summed E-state index contributed by atoms with van der Waals surface area (Å²) in [4.78, 5) is 7.95. The van der Waals surface area contributed by atoms with Crippen LogP contribution < -0.4 is 5.32 Å². The van der Waals surface area contributed by atoms with Crippen molar-refractivity contribution in [3.05, 3.63) is 47.5 Å². The molecule has 0 fully saturated rings. The van der Waals surface area contributed by atoms with Gasteiger partial charge < -0.3 is 5.32 Å². The molecule has 0 aliphatic heterocycles. The van der Waals surface area contributed by atoms with E-state index in [2.05, 4.69) is 29.1 Å². The van der Waals surface area contributed by atoms with Crippen LogP contribution >= 0.6 is 11.6 Å². The highest BCUT2D eigenvalue weighted by atomic mass is 35.5. The van der Waals surface area contributed by atoms with E-state index in [9.17, 15) is 0 Å². The Bertz CT molecular complexity index is 497. The van der Waals surface area contributed by atoms with Crippen LogP contribution in [0, 0.1) is 0 Å². The van der Waals surface area contributed by atoms with Gasteiger partial charge in [-0.2, -0.15) is 0 Å². The lowest BCUT2D eigenvalue weighted by Crippen LogP contribution is -1.98. The van der Waals surface area contributed by atoms with E-state index in [-0.39, 0.29) is 0 Å². The lowest BCUT2D eigenvalue weighted by Gasteiger charge is -2.14. The van der Waals surface area contributed by atoms with Crippen LogP contribution in [0.3, 0.4) is 0 Å². The normalized spacial score (nSPS) is 10.6. The number of nitrogens with one attached hydrogen (secondary N) is 1. The maximum absolute atomic E-state index is 6.01. The van der Waals surface area contributed by atoms with Gasteiger partial charge in [-0.25, -0.2) is 9.97 Å². The van der Waals surface area contributed by atoms with E-state index in [0.29, 0.717) is 5.92 Å². The molecule has 1 N–H and O–H groups in total. The quantitative estimate of drug-likeness (QED) is 0.891. The van der Waals surface area contributed by atoms with Gasteiger partial charge in [-0.3, -0.25) is 0 Å². The Morgan fingerprint density at radius 1 is 1.18 bits per heavy atom. The van der Waals surface area contributed by atoms with E-state index in [0.717, 1.165) is 16.4 Å². The lowest BCUT2D eigenvalue weighted by molar-refractivity contribution is 0.869.